The summed E-state index contributed by atoms with van der Waals surface area (Å²) in [6.45, 7) is 5.14. The summed E-state index contributed by atoms with van der Waals surface area (Å²) in [4.78, 5) is 12.9. The van der Waals surface area contributed by atoms with Crippen LogP contribution in [0.15, 0.2) is 65.1 Å². The number of halogens is 2. The summed E-state index contributed by atoms with van der Waals surface area (Å²) >= 11 is 3.46. The molecule has 4 nitrogen and oxygen atoms in total. The molecule has 32 heavy (non-hydrogen) atoms. The Morgan fingerprint density at radius 2 is 1.81 bits per heavy atom. The van der Waals surface area contributed by atoms with Crippen molar-refractivity contribution in [2.75, 3.05) is 7.11 Å². The Hall–Kier alpha value is -3.12. The van der Waals surface area contributed by atoms with Crippen LogP contribution in [0.3, 0.4) is 0 Å². The van der Waals surface area contributed by atoms with Crippen LogP contribution in [0.4, 0.5) is 4.39 Å². The van der Waals surface area contributed by atoms with E-state index in [4.69, 9.17) is 4.74 Å². The van der Waals surface area contributed by atoms with E-state index in [1.54, 1.807) is 19.2 Å². The summed E-state index contributed by atoms with van der Waals surface area (Å²) in [6, 6.07) is 18.0. The maximum Gasteiger partial charge on any atom is 0.251 e. The lowest BCUT2D eigenvalue weighted by Gasteiger charge is -2.11. The number of hydrogen-bond acceptors (Lipinski definition) is 2. The largest absolute Gasteiger partial charge is 0.496 e. The second-order valence-corrected chi connectivity index (χ2v) is 8.71. The van der Waals surface area contributed by atoms with Gasteiger partial charge in [0.15, 0.2) is 0 Å². The third-order valence-corrected chi connectivity index (χ3v) is 6.33. The monoisotopic (exact) mass is 494 g/mol. The quantitative estimate of drug-likeness (QED) is 0.349. The highest BCUT2D eigenvalue weighted by Crippen LogP contribution is 2.28. The van der Waals surface area contributed by atoms with Gasteiger partial charge in [-0.1, -0.05) is 28.1 Å². The molecule has 164 valence electrons. The first-order valence-electron chi connectivity index (χ1n) is 10.3. The average molecular weight is 495 g/mol. The number of hydrogen-bond donors (Lipinski definition) is 1. The standard InChI is InChI=1S/C26H24BrFN2O2/c1-16-17(2)30(15-18-4-8-22(28)9-5-18)24-10-6-19(13-23(16)24)26(31)29-14-20-12-21(27)7-11-25(20)32-3/h4-13H,14-15H2,1-3H3,(H,29,31). The van der Waals surface area contributed by atoms with Crippen LogP contribution < -0.4 is 10.1 Å². The summed E-state index contributed by atoms with van der Waals surface area (Å²) in [6.07, 6.45) is 0. The summed E-state index contributed by atoms with van der Waals surface area (Å²) in [7, 11) is 1.62. The van der Waals surface area contributed by atoms with Crippen LogP contribution in [0, 0.1) is 19.7 Å². The van der Waals surface area contributed by atoms with Gasteiger partial charge in [0.05, 0.1) is 7.11 Å². The van der Waals surface area contributed by atoms with Crippen LogP contribution in [0.1, 0.15) is 32.7 Å². The van der Waals surface area contributed by atoms with Crippen LogP contribution >= 0.6 is 15.9 Å². The third-order valence-electron chi connectivity index (χ3n) is 5.84. The molecule has 0 saturated carbocycles. The fraction of sp³-hybridized carbons (Fsp3) is 0.192. The van der Waals surface area contributed by atoms with Crippen LogP contribution in [-0.4, -0.2) is 17.6 Å². The van der Waals surface area contributed by atoms with Gasteiger partial charge in [-0.25, -0.2) is 4.39 Å². The maximum absolute atomic E-state index is 13.3. The lowest BCUT2D eigenvalue weighted by atomic mass is 10.1. The van der Waals surface area contributed by atoms with Crippen molar-refractivity contribution in [2.24, 2.45) is 0 Å². The van der Waals surface area contributed by atoms with Crippen molar-refractivity contribution in [3.8, 4) is 5.75 Å². The number of methoxy groups -OCH3 is 1. The first-order chi connectivity index (χ1) is 15.4. The third kappa shape index (κ3) is 4.41. The highest BCUT2D eigenvalue weighted by atomic mass is 79.9. The van der Waals surface area contributed by atoms with E-state index >= 15 is 0 Å². The molecule has 4 aromatic rings. The SMILES string of the molecule is COc1ccc(Br)cc1CNC(=O)c1ccc2c(c1)c(C)c(C)n2Cc1ccc(F)cc1. The van der Waals surface area contributed by atoms with Gasteiger partial charge in [-0.05, 0) is 73.5 Å². The summed E-state index contributed by atoms with van der Waals surface area (Å²) in [5.41, 5.74) is 5.83. The van der Waals surface area contributed by atoms with E-state index in [-0.39, 0.29) is 11.7 Å². The number of ether oxygens (including phenoxy) is 1. The summed E-state index contributed by atoms with van der Waals surface area (Å²) in [5.74, 6) is 0.348. The van der Waals surface area contributed by atoms with E-state index in [1.807, 2.05) is 36.4 Å². The van der Waals surface area contributed by atoms with Crippen molar-refractivity contribution in [3.05, 3.63) is 98.9 Å². The molecule has 3 aromatic carbocycles. The number of benzene rings is 3. The molecular weight excluding hydrogens is 471 g/mol. The number of carbonyl (C=O) groups is 1. The second kappa shape index (κ2) is 9.17. The normalized spacial score (nSPS) is 11.0. The van der Waals surface area contributed by atoms with E-state index in [9.17, 15) is 9.18 Å². The Morgan fingerprint density at radius 1 is 1.06 bits per heavy atom. The zero-order valence-electron chi connectivity index (χ0n) is 18.2. The molecule has 4 rings (SSSR count). The molecule has 0 aliphatic heterocycles. The zero-order chi connectivity index (χ0) is 22.8. The highest BCUT2D eigenvalue weighted by molar-refractivity contribution is 9.10. The molecule has 1 N–H and O–H groups in total. The molecule has 0 spiro atoms. The molecule has 0 fully saturated rings. The van der Waals surface area contributed by atoms with Crippen molar-refractivity contribution in [3.63, 3.8) is 0 Å². The Balaban J connectivity index is 1.58. The number of aryl methyl sites for hydroxylation is 1. The number of amides is 1. The van der Waals surface area contributed by atoms with Crippen LogP contribution in [0.5, 0.6) is 5.75 Å². The van der Waals surface area contributed by atoms with Crippen molar-refractivity contribution < 1.29 is 13.9 Å². The Bertz CT molecular complexity index is 1300. The molecule has 1 heterocycles. The van der Waals surface area contributed by atoms with Crippen molar-refractivity contribution in [2.45, 2.75) is 26.9 Å². The highest BCUT2D eigenvalue weighted by Gasteiger charge is 2.15. The number of nitrogens with one attached hydrogen (secondary N) is 1. The fourth-order valence-corrected chi connectivity index (χ4v) is 4.34. The molecule has 0 aliphatic carbocycles. The lowest BCUT2D eigenvalue weighted by molar-refractivity contribution is 0.0951. The van der Waals surface area contributed by atoms with E-state index in [0.29, 0.717) is 18.7 Å². The van der Waals surface area contributed by atoms with Crippen molar-refractivity contribution >= 4 is 32.7 Å². The molecule has 0 bridgehead atoms. The van der Waals surface area contributed by atoms with Gasteiger partial charge in [-0.3, -0.25) is 4.79 Å². The molecule has 1 aromatic heterocycles. The first-order valence-corrected chi connectivity index (χ1v) is 11.1. The number of aromatic nitrogens is 1. The van der Waals surface area contributed by atoms with Gasteiger partial charge in [0, 0.05) is 45.3 Å². The smallest absolute Gasteiger partial charge is 0.251 e. The maximum atomic E-state index is 13.3. The van der Waals surface area contributed by atoms with Gasteiger partial charge in [0.1, 0.15) is 11.6 Å². The number of fused-ring (bicyclic) bond motifs is 1. The Kier molecular flexibility index (Phi) is 6.33. The minimum Gasteiger partial charge on any atom is -0.496 e. The van der Waals surface area contributed by atoms with Gasteiger partial charge >= 0.3 is 0 Å². The molecule has 1 amide bonds. The van der Waals surface area contributed by atoms with Crippen LogP contribution in [0.2, 0.25) is 0 Å². The van der Waals surface area contributed by atoms with Gasteiger partial charge in [-0.15, -0.1) is 0 Å². The van der Waals surface area contributed by atoms with E-state index in [2.05, 4.69) is 39.7 Å². The van der Waals surface area contributed by atoms with Crippen molar-refractivity contribution in [1.82, 2.24) is 9.88 Å². The molecule has 6 heteroatoms. The van der Waals surface area contributed by atoms with E-state index < -0.39 is 0 Å². The van der Waals surface area contributed by atoms with E-state index in [0.717, 1.165) is 43.5 Å². The summed E-state index contributed by atoms with van der Waals surface area (Å²) in [5, 5.41) is 4.02. The molecule has 0 radical (unpaired) electrons. The second-order valence-electron chi connectivity index (χ2n) is 7.79. The number of rotatable bonds is 6. The first kappa shape index (κ1) is 22.1. The summed E-state index contributed by atoms with van der Waals surface area (Å²) < 4.78 is 21.8. The molecule has 0 unspecified atom stereocenters. The minimum atomic E-state index is -0.241. The van der Waals surface area contributed by atoms with Gasteiger partial charge in [0.2, 0.25) is 0 Å². The van der Waals surface area contributed by atoms with Crippen LogP contribution in [0.25, 0.3) is 10.9 Å². The predicted molar refractivity (Wildman–Crippen MR) is 129 cm³/mol. The van der Waals surface area contributed by atoms with Gasteiger partial charge < -0.3 is 14.6 Å². The number of carbonyl (C=O) groups excluding carboxylic acids is 1. The lowest BCUT2D eigenvalue weighted by Crippen LogP contribution is -2.23. The van der Waals surface area contributed by atoms with Crippen molar-refractivity contribution in [1.29, 1.82) is 0 Å². The molecule has 0 atom stereocenters. The zero-order valence-corrected chi connectivity index (χ0v) is 19.8. The van der Waals surface area contributed by atoms with Gasteiger partial charge in [0.25, 0.3) is 5.91 Å². The number of nitrogens with zero attached hydrogens (tertiary/aromatic N) is 1. The molecular formula is C26H24BrFN2O2. The predicted octanol–water partition coefficient (Wildman–Crippen LogP) is 6.15. The topological polar surface area (TPSA) is 43.3 Å². The molecule has 0 saturated heterocycles. The fourth-order valence-electron chi connectivity index (χ4n) is 3.93. The Labute approximate surface area is 195 Å². The minimum absolute atomic E-state index is 0.141. The van der Waals surface area contributed by atoms with Gasteiger partial charge in [-0.2, -0.15) is 0 Å². The molecule has 0 aliphatic rings. The van der Waals surface area contributed by atoms with E-state index in [1.165, 1.54) is 12.1 Å². The Morgan fingerprint density at radius 3 is 2.53 bits per heavy atom. The van der Waals surface area contributed by atoms with Crippen LogP contribution in [-0.2, 0) is 13.1 Å². The average Bonchev–Trinajstić information content (AvgIpc) is 3.03.